The van der Waals surface area contributed by atoms with Crippen molar-refractivity contribution < 1.29 is 4.92 Å². The zero-order valence-electron chi connectivity index (χ0n) is 7.79. The van der Waals surface area contributed by atoms with E-state index in [2.05, 4.69) is 4.99 Å². The van der Waals surface area contributed by atoms with Crippen LogP contribution in [0.15, 0.2) is 29.3 Å². The summed E-state index contributed by atoms with van der Waals surface area (Å²) in [7, 11) is 0. The zero-order valence-corrected chi connectivity index (χ0v) is 8.61. The monoisotopic (exact) mass is 223 g/mol. The lowest BCUT2D eigenvalue weighted by atomic mass is 10.2. The summed E-state index contributed by atoms with van der Waals surface area (Å²) in [5, 5.41) is 11.3. The van der Waals surface area contributed by atoms with Gasteiger partial charge in [0, 0.05) is 23.4 Å². The quantitative estimate of drug-likeness (QED) is 0.606. The summed E-state index contributed by atoms with van der Waals surface area (Å²) in [4.78, 5) is 14.2. The third-order valence-electron chi connectivity index (χ3n) is 2.00. The molecular formula is C9H9N3O2S. The second-order valence-electron chi connectivity index (χ2n) is 3.12. The number of aliphatic imine (C=N–C) groups is 1. The van der Waals surface area contributed by atoms with Gasteiger partial charge in [0.2, 0.25) is 0 Å². The van der Waals surface area contributed by atoms with Crippen molar-refractivity contribution in [3.8, 4) is 0 Å². The highest BCUT2D eigenvalue weighted by Crippen LogP contribution is 2.22. The molecule has 0 saturated carbocycles. The Morgan fingerprint density at radius 3 is 2.60 bits per heavy atom. The minimum atomic E-state index is -0.418. The van der Waals surface area contributed by atoms with Gasteiger partial charge >= 0.3 is 0 Å². The molecule has 2 N–H and O–H groups in total. The van der Waals surface area contributed by atoms with Crippen molar-refractivity contribution in [1.82, 2.24) is 0 Å². The van der Waals surface area contributed by atoms with Crippen LogP contribution in [0.2, 0.25) is 0 Å². The van der Waals surface area contributed by atoms with E-state index in [-0.39, 0.29) is 11.9 Å². The van der Waals surface area contributed by atoms with E-state index < -0.39 is 4.92 Å². The van der Waals surface area contributed by atoms with Gasteiger partial charge in [-0.3, -0.25) is 15.1 Å². The van der Waals surface area contributed by atoms with E-state index in [1.165, 1.54) is 12.1 Å². The van der Waals surface area contributed by atoms with E-state index >= 15 is 0 Å². The lowest BCUT2D eigenvalue weighted by Gasteiger charge is -1.98. The number of nitrogens with zero attached hydrogens (tertiary/aromatic N) is 2. The summed E-state index contributed by atoms with van der Waals surface area (Å²) in [6.07, 6.45) is -0.153. The molecule has 1 aromatic carbocycles. The number of hydrogen-bond acceptors (Lipinski definition) is 5. The molecule has 1 heterocycles. The largest absolute Gasteiger partial charge is 0.309 e. The summed E-state index contributed by atoms with van der Waals surface area (Å²) in [5.41, 5.74) is 6.60. The fourth-order valence-corrected chi connectivity index (χ4v) is 2.19. The topological polar surface area (TPSA) is 81.5 Å². The van der Waals surface area contributed by atoms with E-state index in [0.717, 1.165) is 16.4 Å². The Labute approximate surface area is 90.5 Å². The Morgan fingerprint density at radius 1 is 1.47 bits per heavy atom. The molecule has 6 heteroatoms. The van der Waals surface area contributed by atoms with Crippen molar-refractivity contribution in [3.05, 3.63) is 39.9 Å². The van der Waals surface area contributed by atoms with Crippen LogP contribution in [0.25, 0.3) is 0 Å². The highest BCUT2D eigenvalue weighted by molar-refractivity contribution is 8.14. The van der Waals surface area contributed by atoms with Gasteiger partial charge < -0.3 is 5.73 Å². The van der Waals surface area contributed by atoms with E-state index in [1.807, 2.05) is 0 Å². The molecule has 1 aliphatic rings. The third-order valence-corrected chi connectivity index (χ3v) is 3.12. The molecule has 5 nitrogen and oxygen atoms in total. The molecule has 0 aliphatic carbocycles. The second-order valence-corrected chi connectivity index (χ2v) is 4.13. The Balaban J connectivity index is 2.24. The third kappa shape index (κ3) is 2.16. The number of thioether (sulfide) groups is 1. The highest BCUT2D eigenvalue weighted by atomic mass is 32.2. The summed E-state index contributed by atoms with van der Waals surface area (Å²) >= 11 is 1.57. The van der Waals surface area contributed by atoms with Crippen LogP contribution in [0, 0.1) is 10.1 Å². The molecule has 2 rings (SSSR count). The lowest BCUT2D eigenvalue weighted by molar-refractivity contribution is -0.384. The molecule has 0 radical (unpaired) electrons. The fraction of sp³-hybridized carbons (Fsp3) is 0.222. The number of hydrogen-bond donors (Lipinski definition) is 1. The predicted octanol–water partition coefficient (Wildman–Crippen LogP) is 1.37. The van der Waals surface area contributed by atoms with Gasteiger partial charge in [-0.1, -0.05) is 0 Å². The molecule has 0 aromatic heterocycles. The summed E-state index contributed by atoms with van der Waals surface area (Å²) in [5.74, 6) is 0.770. The van der Waals surface area contributed by atoms with Crippen LogP contribution in [0.4, 0.5) is 5.69 Å². The van der Waals surface area contributed by atoms with Crippen LogP contribution < -0.4 is 5.73 Å². The van der Waals surface area contributed by atoms with Gasteiger partial charge in [0.1, 0.15) is 6.17 Å². The van der Waals surface area contributed by atoms with Gasteiger partial charge in [-0.25, -0.2) is 0 Å². The Bertz CT molecular complexity index is 416. The number of benzene rings is 1. The number of non-ortho nitro benzene ring substituents is 1. The fourth-order valence-electron chi connectivity index (χ4n) is 1.27. The maximum absolute atomic E-state index is 10.4. The molecular weight excluding hydrogens is 214 g/mol. The van der Waals surface area contributed by atoms with Crippen molar-refractivity contribution in [2.45, 2.75) is 6.17 Å². The first-order valence-corrected chi connectivity index (χ1v) is 5.36. The van der Waals surface area contributed by atoms with Gasteiger partial charge in [0.25, 0.3) is 5.69 Å². The van der Waals surface area contributed by atoms with E-state index in [1.54, 1.807) is 23.9 Å². The van der Waals surface area contributed by atoms with Crippen molar-refractivity contribution in [1.29, 1.82) is 0 Å². The molecule has 0 amide bonds. The first-order chi connectivity index (χ1) is 7.16. The van der Waals surface area contributed by atoms with Crippen LogP contribution in [0.3, 0.4) is 0 Å². The maximum Gasteiger partial charge on any atom is 0.269 e. The van der Waals surface area contributed by atoms with Crippen LogP contribution in [0.5, 0.6) is 0 Å². The number of nitro groups is 1. The Kier molecular flexibility index (Phi) is 2.70. The number of rotatable bonds is 2. The standard InChI is InChI=1S/C9H9N3O2S/c10-8-5-15-9(11-8)6-1-3-7(4-2-6)12(13)14/h1-4,8H,5,10H2. The molecule has 78 valence electrons. The highest BCUT2D eigenvalue weighted by Gasteiger charge is 2.16. The number of nitrogens with two attached hydrogens (primary N) is 1. The van der Waals surface area contributed by atoms with E-state index in [0.29, 0.717) is 0 Å². The minimum absolute atomic E-state index is 0.0895. The number of nitro benzene ring substituents is 1. The smallest absolute Gasteiger partial charge is 0.269 e. The molecule has 0 bridgehead atoms. The summed E-state index contributed by atoms with van der Waals surface area (Å²) < 4.78 is 0. The SMILES string of the molecule is NC1CSC(c2ccc([N+](=O)[O-])cc2)=N1. The minimum Gasteiger partial charge on any atom is -0.309 e. The zero-order chi connectivity index (χ0) is 10.8. The summed E-state index contributed by atoms with van der Waals surface area (Å²) in [6, 6.07) is 6.34. The van der Waals surface area contributed by atoms with Crippen molar-refractivity contribution in [2.75, 3.05) is 5.75 Å². The predicted molar refractivity (Wildman–Crippen MR) is 60.1 cm³/mol. The molecule has 0 saturated heterocycles. The normalized spacial score (nSPS) is 20.1. The molecule has 1 atom stereocenters. The summed E-state index contributed by atoms with van der Waals surface area (Å²) in [6.45, 7) is 0. The van der Waals surface area contributed by atoms with Crippen LogP contribution >= 0.6 is 11.8 Å². The van der Waals surface area contributed by atoms with Crippen LogP contribution in [-0.2, 0) is 0 Å². The Hall–Kier alpha value is -1.40. The molecule has 0 fully saturated rings. The van der Waals surface area contributed by atoms with Gasteiger partial charge in [-0.05, 0) is 12.1 Å². The van der Waals surface area contributed by atoms with Gasteiger partial charge in [0.05, 0.1) is 9.97 Å². The average Bonchev–Trinajstić information content (AvgIpc) is 2.65. The van der Waals surface area contributed by atoms with Crippen molar-refractivity contribution in [3.63, 3.8) is 0 Å². The maximum atomic E-state index is 10.4. The van der Waals surface area contributed by atoms with Crippen LogP contribution in [-0.4, -0.2) is 21.9 Å². The average molecular weight is 223 g/mol. The molecule has 15 heavy (non-hydrogen) atoms. The molecule has 1 unspecified atom stereocenters. The molecule has 1 aliphatic heterocycles. The second kappa shape index (κ2) is 4.00. The molecule has 1 aromatic rings. The molecule has 0 spiro atoms. The lowest BCUT2D eigenvalue weighted by Crippen LogP contribution is -2.15. The van der Waals surface area contributed by atoms with Gasteiger partial charge in [0.15, 0.2) is 0 Å². The first kappa shape index (κ1) is 10.1. The first-order valence-electron chi connectivity index (χ1n) is 4.38. The van der Waals surface area contributed by atoms with Crippen molar-refractivity contribution in [2.24, 2.45) is 10.7 Å². The van der Waals surface area contributed by atoms with Crippen LogP contribution in [0.1, 0.15) is 5.56 Å². The van der Waals surface area contributed by atoms with Gasteiger partial charge in [-0.15, -0.1) is 11.8 Å². The van der Waals surface area contributed by atoms with E-state index in [9.17, 15) is 10.1 Å². The Morgan fingerprint density at radius 2 is 2.13 bits per heavy atom. The van der Waals surface area contributed by atoms with E-state index in [4.69, 9.17) is 5.73 Å². The van der Waals surface area contributed by atoms with Crippen molar-refractivity contribution >= 4 is 22.5 Å². The van der Waals surface area contributed by atoms with Gasteiger partial charge in [-0.2, -0.15) is 0 Å².